The van der Waals surface area contributed by atoms with Crippen LogP contribution in [0, 0.1) is 6.92 Å². The molecule has 0 N–H and O–H groups in total. The Hall–Kier alpha value is -1.95. The Labute approximate surface area is 164 Å². The van der Waals surface area contributed by atoms with Crippen molar-refractivity contribution in [2.75, 3.05) is 32.1 Å². The third kappa shape index (κ3) is 5.04. The van der Waals surface area contributed by atoms with Gasteiger partial charge in [0.15, 0.2) is 5.13 Å². The van der Waals surface area contributed by atoms with Gasteiger partial charge in [0.2, 0.25) is 5.91 Å². The van der Waals surface area contributed by atoms with Crippen molar-refractivity contribution in [1.82, 2.24) is 9.88 Å². The number of para-hydroxylation sites is 1. The third-order valence-corrected chi connectivity index (χ3v) is 5.08. The van der Waals surface area contributed by atoms with Gasteiger partial charge in [0, 0.05) is 13.1 Å². The van der Waals surface area contributed by atoms with Crippen LogP contribution in [0.25, 0.3) is 10.2 Å². The minimum absolute atomic E-state index is 0. The van der Waals surface area contributed by atoms with Crippen molar-refractivity contribution >= 4 is 45.0 Å². The molecule has 0 atom stereocenters. The number of thiazole rings is 1. The summed E-state index contributed by atoms with van der Waals surface area (Å²) in [6, 6.07) is 16.1. The van der Waals surface area contributed by atoms with Crippen molar-refractivity contribution in [3.63, 3.8) is 0 Å². The number of fused-ring (bicyclic) bond motifs is 1. The van der Waals surface area contributed by atoms with E-state index >= 15 is 0 Å². The maximum absolute atomic E-state index is 13.0. The van der Waals surface area contributed by atoms with Crippen LogP contribution in [0.4, 0.5) is 5.13 Å². The van der Waals surface area contributed by atoms with Crippen molar-refractivity contribution in [3.05, 3.63) is 59.7 Å². The van der Waals surface area contributed by atoms with E-state index in [4.69, 9.17) is 0 Å². The van der Waals surface area contributed by atoms with Gasteiger partial charge in [-0.25, -0.2) is 4.98 Å². The number of carbonyl (C=O) groups excluding carboxylic acids is 1. The highest BCUT2D eigenvalue weighted by molar-refractivity contribution is 7.22. The molecule has 26 heavy (non-hydrogen) atoms. The van der Waals surface area contributed by atoms with E-state index < -0.39 is 0 Å². The van der Waals surface area contributed by atoms with Crippen LogP contribution in [0.1, 0.15) is 11.1 Å². The van der Waals surface area contributed by atoms with Crippen LogP contribution in [0.2, 0.25) is 0 Å². The van der Waals surface area contributed by atoms with Gasteiger partial charge in [-0.2, -0.15) is 0 Å². The highest BCUT2D eigenvalue weighted by Crippen LogP contribution is 2.29. The summed E-state index contributed by atoms with van der Waals surface area (Å²) in [5, 5.41) is 0.778. The molecule has 0 radical (unpaired) electrons. The second-order valence-electron chi connectivity index (χ2n) is 6.48. The lowest BCUT2D eigenvalue weighted by Gasteiger charge is -2.22. The third-order valence-electron chi connectivity index (χ3n) is 4.02. The van der Waals surface area contributed by atoms with E-state index in [1.165, 1.54) is 5.56 Å². The second kappa shape index (κ2) is 9.12. The number of halogens is 1. The van der Waals surface area contributed by atoms with Gasteiger partial charge >= 0.3 is 0 Å². The Morgan fingerprint density at radius 2 is 1.85 bits per heavy atom. The quantitative estimate of drug-likeness (QED) is 0.635. The summed E-state index contributed by atoms with van der Waals surface area (Å²) >= 11 is 1.57. The predicted octanol–water partition coefficient (Wildman–Crippen LogP) is 4.16. The molecule has 0 fully saturated rings. The molecule has 0 aliphatic rings. The predicted molar refractivity (Wildman–Crippen MR) is 113 cm³/mol. The molecule has 1 heterocycles. The smallest absolute Gasteiger partial charge is 0.233 e. The molecule has 0 saturated carbocycles. The molecule has 138 valence electrons. The molecule has 0 unspecified atom stereocenters. The van der Waals surface area contributed by atoms with Crippen LogP contribution in [-0.4, -0.2) is 43.0 Å². The Morgan fingerprint density at radius 1 is 1.08 bits per heavy atom. The van der Waals surface area contributed by atoms with Crippen molar-refractivity contribution < 1.29 is 4.79 Å². The van der Waals surface area contributed by atoms with E-state index in [-0.39, 0.29) is 18.3 Å². The number of aryl methyl sites for hydroxylation is 1. The Morgan fingerprint density at radius 3 is 2.54 bits per heavy atom. The van der Waals surface area contributed by atoms with Crippen LogP contribution in [0.5, 0.6) is 0 Å². The van der Waals surface area contributed by atoms with Crippen LogP contribution >= 0.6 is 23.7 Å². The number of nitrogens with zero attached hydrogens (tertiary/aromatic N) is 3. The summed E-state index contributed by atoms with van der Waals surface area (Å²) in [5.74, 6) is 0.0894. The minimum atomic E-state index is 0. The molecule has 0 spiro atoms. The summed E-state index contributed by atoms with van der Waals surface area (Å²) in [6.45, 7) is 3.48. The van der Waals surface area contributed by atoms with Crippen LogP contribution < -0.4 is 4.90 Å². The zero-order valence-corrected chi connectivity index (χ0v) is 16.9. The van der Waals surface area contributed by atoms with Gasteiger partial charge in [-0.3, -0.25) is 9.69 Å². The zero-order chi connectivity index (χ0) is 17.8. The first-order valence-electron chi connectivity index (χ1n) is 8.39. The Balaban J connectivity index is 0.00000243. The van der Waals surface area contributed by atoms with Gasteiger partial charge in [0.1, 0.15) is 0 Å². The van der Waals surface area contributed by atoms with E-state index in [2.05, 4.69) is 16.0 Å². The first-order chi connectivity index (χ1) is 12.0. The lowest BCUT2D eigenvalue weighted by atomic mass is 10.1. The number of likely N-dealkylation sites (N-methyl/N-ethyl adjacent to an activating group) is 1. The van der Waals surface area contributed by atoms with E-state index in [1.54, 1.807) is 11.3 Å². The number of benzene rings is 2. The molecule has 0 bridgehead atoms. The summed E-state index contributed by atoms with van der Waals surface area (Å²) in [6.07, 6.45) is 0.394. The second-order valence-corrected chi connectivity index (χ2v) is 7.49. The van der Waals surface area contributed by atoms with Gasteiger partial charge in [-0.05, 0) is 38.7 Å². The maximum Gasteiger partial charge on any atom is 0.233 e. The number of hydrogen-bond acceptors (Lipinski definition) is 4. The first kappa shape index (κ1) is 20.4. The fraction of sp³-hybridized carbons (Fsp3) is 0.300. The Bertz CT molecular complexity index is 845. The lowest BCUT2D eigenvalue weighted by Crippen LogP contribution is -2.37. The molecule has 0 aliphatic heterocycles. The fourth-order valence-electron chi connectivity index (χ4n) is 2.69. The van der Waals surface area contributed by atoms with E-state index in [1.807, 2.05) is 68.4 Å². The number of anilines is 1. The van der Waals surface area contributed by atoms with Crippen molar-refractivity contribution in [1.29, 1.82) is 0 Å². The highest BCUT2D eigenvalue weighted by atomic mass is 35.5. The molecule has 3 aromatic rings. The van der Waals surface area contributed by atoms with Crippen molar-refractivity contribution in [2.45, 2.75) is 13.3 Å². The van der Waals surface area contributed by atoms with E-state index in [0.717, 1.165) is 27.5 Å². The number of carbonyl (C=O) groups is 1. The average molecular weight is 390 g/mol. The standard InChI is InChI=1S/C20H23N3OS.ClH/c1-15-7-6-8-16(13-15)14-19(24)23(12-11-22(2)3)20-21-17-9-4-5-10-18(17)25-20;/h4-10,13H,11-12,14H2,1-3H3;1H. The SMILES string of the molecule is Cc1cccc(CC(=O)N(CCN(C)C)c2nc3ccccc3s2)c1.Cl. The molecule has 1 amide bonds. The van der Waals surface area contributed by atoms with Crippen LogP contribution in [0.15, 0.2) is 48.5 Å². The zero-order valence-electron chi connectivity index (χ0n) is 15.3. The van der Waals surface area contributed by atoms with Crippen molar-refractivity contribution in [3.8, 4) is 0 Å². The van der Waals surface area contributed by atoms with Crippen molar-refractivity contribution in [2.24, 2.45) is 0 Å². The van der Waals surface area contributed by atoms with Gasteiger partial charge in [0.05, 0.1) is 16.6 Å². The largest absolute Gasteiger partial charge is 0.308 e. The van der Waals surface area contributed by atoms with Crippen LogP contribution in [-0.2, 0) is 11.2 Å². The molecule has 2 aromatic carbocycles. The molecule has 3 rings (SSSR count). The topological polar surface area (TPSA) is 36.4 Å². The normalized spacial score (nSPS) is 10.8. The summed E-state index contributed by atoms with van der Waals surface area (Å²) in [4.78, 5) is 21.6. The molecular weight excluding hydrogens is 366 g/mol. The number of amides is 1. The lowest BCUT2D eigenvalue weighted by molar-refractivity contribution is -0.118. The molecule has 0 saturated heterocycles. The Kier molecular flexibility index (Phi) is 7.14. The number of rotatable bonds is 6. The molecule has 6 heteroatoms. The molecule has 4 nitrogen and oxygen atoms in total. The summed E-state index contributed by atoms with van der Waals surface area (Å²) in [5.41, 5.74) is 3.16. The molecule has 1 aromatic heterocycles. The minimum Gasteiger partial charge on any atom is -0.308 e. The average Bonchev–Trinajstić information content (AvgIpc) is 2.98. The monoisotopic (exact) mass is 389 g/mol. The first-order valence-corrected chi connectivity index (χ1v) is 9.21. The number of hydrogen-bond donors (Lipinski definition) is 0. The van der Waals surface area contributed by atoms with Gasteiger partial charge in [-0.15, -0.1) is 12.4 Å². The van der Waals surface area contributed by atoms with Gasteiger partial charge in [0.25, 0.3) is 0 Å². The van der Waals surface area contributed by atoms with Gasteiger partial charge in [-0.1, -0.05) is 53.3 Å². The highest BCUT2D eigenvalue weighted by Gasteiger charge is 2.20. The summed E-state index contributed by atoms with van der Waals surface area (Å²) in [7, 11) is 4.03. The number of aromatic nitrogens is 1. The molecular formula is C20H24ClN3OS. The van der Waals surface area contributed by atoms with Crippen LogP contribution in [0.3, 0.4) is 0 Å². The van der Waals surface area contributed by atoms with E-state index in [0.29, 0.717) is 13.0 Å². The summed E-state index contributed by atoms with van der Waals surface area (Å²) < 4.78 is 1.11. The molecule has 0 aliphatic carbocycles. The van der Waals surface area contributed by atoms with Gasteiger partial charge < -0.3 is 4.90 Å². The fourth-order valence-corrected chi connectivity index (χ4v) is 3.70. The maximum atomic E-state index is 13.0. The van der Waals surface area contributed by atoms with E-state index in [9.17, 15) is 4.79 Å².